The van der Waals surface area contributed by atoms with Gasteiger partial charge in [-0.1, -0.05) is 32.9 Å². The Kier molecular flexibility index (Phi) is 3.51. The van der Waals surface area contributed by atoms with Crippen LogP contribution in [0, 0.1) is 0 Å². The largest absolute Gasteiger partial charge is 0.508 e. The van der Waals surface area contributed by atoms with E-state index in [1.807, 2.05) is 12.1 Å². The summed E-state index contributed by atoms with van der Waals surface area (Å²) in [4.78, 5) is 10.3. The molecule has 15 heavy (non-hydrogen) atoms. The van der Waals surface area contributed by atoms with Gasteiger partial charge in [-0.15, -0.1) is 0 Å². The third kappa shape index (κ3) is 3.08. The number of phenolic OH excluding ortho intramolecular Hbond substituents is 1. The Hall–Kier alpha value is -1.31. The summed E-state index contributed by atoms with van der Waals surface area (Å²) >= 11 is 0. The van der Waals surface area contributed by atoms with Crippen molar-refractivity contribution in [1.29, 1.82) is 0 Å². The van der Waals surface area contributed by atoms with E-state index in [-0.39, 0.29) is 11.2 Å². The zero-order valence-electron chi connectivity index (χ0n) is 9.58. The van der Waals surface area contributed by atoms with Crippen molar-refractivity contribution in [3.05, 3.63) is 29.3 Å². The van der Waals surface area contributed by atoms with Crippen LogP contribution in [0.15, 0.2) is 18.2 Å². The molecule has 0 aromatic heterocycles. The highest BCUT2D eigenvalue weighted by Gasteiger charge is 2.15. The van der Waals surface area contributed by atoms with Gasteiger partial charge < -0.3 is 9.90 Å². The Morgan fingerprint density at radius 3 is 2.53 bits per heavy atom. The first-order valence-electron chi connectivity index (χ1n) is 5.21. The number of carbonyl (C=O) groups is 1. The zero-order chi connectivity index (χ0) is 11.5. The minimum atomic E-state index is 0.0730. The van der Waals surface area contributed by atoms with E-state index in [0.29, 0.717) is 12.8 Å². The van der Waals surface area contributed by atoms with Crippen molar-refractivity contribution < 1.29 is 9.90 Å². The molecule has 82 valence electrons. The van der Waals surface area contributed by atoms with Crippen LogP contribution in [0.25, 0.3) is 0 Å². The number of aldehydes is 1. The second kappa shape index (κ2) is 4.47. The molecule has 0 fully saturated rings. The van der Waals surface area contributed by atoms with E-state index in [2.05, 4.69) is 20.8 Å². The number of carbonyl (C=O) groups excluding carboxylic acids is 1. The van der Waals surface area contributed by atoms with E-state index < -0.39 is 0 Å². The number of rotatable bonds is 3. The molecule has 1 N–H and O–H groups in total. The summed E-state index contributed by atoms with van der Waals surface area (Å²) in [6, 6.07) is 5.62. The van der Waals surface area contributed by atoms with Crippen molar-refractivity contribution in [3.63, 3.8) is 0 Å². The van der Waals surface area contributed by atoms with Crippen LogP contribution >= 0.6 is 0 Å². The summed E-state index contributed by atoms with van der Waals surface area (Å²) in [7, 11) is 0. The molecule has 2 heteroatoms. The number of hydrogen-bond acceptors (Lipinski definition) is 2. The fourth-order valence-corrected chi connectivity index (χ4v) is 1.47. The fraction of sp³-hybridized carbons (Fsp3) is 0.462. The second-order valence-electron chi connectivity index (χ2n) is 4.80. The molecule has 0 aliphatic carbocycles. The number of benzene rings is 1. The van der Waals surface area contributed by atoms with Crippen LogP contribution in [0.3, 0.4) is 0 Å². The lowest BCUT2D eigenvalue weighted by molar-refractivity contribution is -0.107. The highest BCUT2D eigenvalue weighted by atomic mass is 16.3. The first kappa shape index (κ1) is 11.8. The second-order valence-corrected chi connectivity index (χ2v) is 4.80. The van der Waals surface area contributed by atoms with Gasteiger partial charge in [-0.3, -0.25) is 0 Å². The Morgan fingerprint density at radius 2 is 2.00 bits per heavy atom. The molecule has 1 aromatic carbocycles. The van der Waals surface area contributed by atoms with Crippen LogP contribution in [-0.4, -0.2) is 11.4 Å². The topological polar surface area (TPSA) is 37.3 Å². The van der Waals surface area contributed by atoms with Crippen molar-refractivity contribution in [2.24, 2.45) is 0 Å². The molecule has 0 unspecified atom stereocenters. The monoisotopic (exact) mass is 206 g/mol. The number of hydrogen-bond donors (Lipinski definition) is 1. The maximum absolute atomic E-state index is 10.3. The van der Waals surface area contributed by atoms with Crippen molar-refractivity contribution >= 4 is 6.29 Å². The fourth-order valence-electron chi connectivity index (χ4n) is 1.47. The van der Waals surface area contributed by atoms with E-state index in [9.17, 15) is 9.90 Å². The average Bonchev–Trinajstić information content (AvgIpc) is 2.15. The molecule has 0 amide bonds. The maximum atomic E-state index is 10.3. The zero-order valence-corrected chi connectivity index (χ0v) is 9.58. The molecule has 0 aliphatic heterocycles. The molecule has 2 nitrogen and oxygen atoms in total. The summed E-state index contributed by atoms with van der Waals surface area (Å²) in [6.45, 7) is 6.38. The molecule has 1 rings (SSSR count). The predicted molar refractivity (Wildman–Crippen MR) is 61.2 cm³/mol. The van der Waals surface area contributed by atoms with E-state index in [4.69, 9.17) is 0 Å². The van der Waals surface area contributed by atoms with Gasteiger partial charge in [-0.05, 0) is 29.0 Å². The molecule has 0 atom stereocenters. The number of phenols is 1. The normalized spacial score (nSPS) is 11.4. The maximum Gasteiger partial charge on any atom is 0.120 e. The van der Waals surface area contributed by atoms with Crippen LogP contribution in [-0.2, 0) is 16.6 Å². The van der Waals surface area contributed by atoms with E-state index in [0.717, 1.165) is 11.8 Å². The van der Waals surface area contributed by atoms with Crippen LogP contribution in [0.2, 0.25) is 0 Å². The minimum Gasteiger partial charge on any atom is -0.508 e. The van der Waals surface area contributed by atoms with Crippen molar-refractivity contribution in [1.82, 2.24) is 0 Å². The SMILES string of the molecule is CC(C)(C)c1ccc(O)c(CCC=O)c1. The third-order valence-electron chi connectivity index (χ3n) is 2.48. The molecule has 0 saturated carbocycles. The Labute approximate surface area is 90.9 Å². The Balaban J connectivity index is 3.00. The quantitative estimate of drug-likeness (QED) is 0.772. The van der Waals surface area contributed by atoms with E-state index in [1.54, 1.807) is 6.07 Å². The van der Waals surface area contributed by atoms with Crippen molar-refractivity contribution in [2.45, 2.75) is 39.0 Å². The molecule has 0 bridgehead atoms. The van der Waals surface area contributed by atoms with Gasteiger partial charge >= 0.3 is 0 Å². The molecule has 0 spiro atoms. The standard InChI is InChI=1S/C13H18O2/c1-13(2,3)11-6-7-12(15)10(9-11)5-4-8-14/h6-9,15H,4-5H2,1-3H3. The summed E-state index contributed by atoms with van der Waals surface area (Å²) in [5.74, 6) is 0.282. The predicted octanol–water partition coefficient (Wildman–Crippen LogP) is 2.82. The highest BCUT2D eigenvalue weighted by molar-refractivity contribution is 5.51. The van der Waals surface area contributed by atoms with Gasteiger partial charge in [0, 0.05) is 6.42 Å². The minimum absolute atomic E-state index is 0.0730. The van der Waals surface area contributed by atoms with Gasteiger partial charge in [0.25, 0.3) is 0 Å². The average molecular weight is 206 g/mol. The summed E-state index contributed by atoms with van der Waals surface area (Å²) in [5, 5.41) is 9.61. The summed E-state index contributed by atoms with van der Waals surface area (Å²) < 4.78 is 0. The molecule has 0 aliphatic rings. The molecule has 1 aromatic rings. The molecular formula is C13H18O2. The van der Waals surface area contributed by atoms with Gasteiger partial charge in [0.2, 0.25) is 0 Å². The molecular weight excluding hydrogens is 188 g/mol. The number of aromatic hydroxyl groups is 1. The smallest absolute Gasteiger partial charge is 0.120 e. The Bertz CT molecular complexity index is 348. The van der Waals surface area contributed by atoms with Crippen molar-refractivity contribution in [3.8, 4) is 5.75 Å². The lowest BCUT2D eigenvalue weighted by Gasteiger charge is -2.20. The highest BCUT2D eigenvalue weighted by Crippen LogP contribution is 2.27. The summed E-state index contributed by atoms with van der Waals surface area (Å²) in [6.07, 6.45) is 1.95. The van der Waals surface area contributed by atoms with Gasteiger partial charge in [-0.25, -0.2) is 0 Å². The van der Waals surface area contributed by atoms with E-state index >= 15 is 0 Å². The van der Waals surface area contributed by atoms with Gasteiger partial charge in [-0.2, -0.15) is 0 Å². The van der Waals surface area contributed by atoms with E-state index in [1.165, 1.54) is 5.56 Å². The number of aryl methyl sites for hydroxylation is 1. The van der Waals surface area contributed by atoms with Gasteiger partial charge in [0.1, 0.15) is 12.0 Å². The molecule has 0 radical (unpaired) electrons. The van der Waals surface area contributed by atoms with Crippen molar-refractivity contribution in [2.75, 3.05) is 0 Å². The van der Waals surface area contributed by atoms with Gasteiger partial charge in [0.15, 0.2) is 0 Å². The Morgan fingerprint density at radius 1 is 1.33 bits per heavy atom. The van der Waals surface area contributed by atoms with Crippen LogP contribution < -0.4 is 0 Å². The summed E-state index contributed by atoms with van der Waals surface area (Å²) in [5.41, 5.74) is 2.11. The third-order valence-corrected chi connectivity index (χ3v) is 2.48. The lowest BCUT2D eigenvalue weighted by atomic mass is 9.85. The molecule has 0 saturated heterocycles. The first-order valence-corrected chi connectivity index (χ1v) is 5.21. The first-order chi connectivity index (χ1) is 6.95. The van der Waals surface area contributed by atoms with Crippen LogP contribution in [0.4, 0.5) is 0 Å². The lowest BCUT2D eigenvalue weighted by Crippen LogP contribution is -2.11. The van der Waals surface area contributed by atoms with Crippen LogP contribution in [0.5, 0.6) is 5.75 Å². The molecule has 0 heterocycles. The van der Waals surface area contributed by atoms with Gasteiger partial charge in [0.05, 0.1) is 0 Å². The van der Waals surface area contributed by atoms with Crippen LogP contribution in [0.1, 0.15) is 38.3 Å².